The molecule has 0 saturated heterocycles. The number of hydrogen-bond donors (Lipinski definition) is 2. The van der Waals surface area contributed by atoms with Crippen molar-refractivity contribution in [3.8, 4) is 0 Å². The summed E-state index contributed by atoms with van der Waals surface area (Å²) in [5.41, 5.74) is 1.20. The Labute approximate surface area is 174 Å². The third kappa shape index (κ3) is 7.61. The molecule has 1 atom stereocenters. The van der Waals surface area contributed by atoms with Crippen LogP contribution in [0.5, 0.6) is 0 Å². The van der Waals surface area contributed by atoms with Gasteiger partial charge in [0.1, 0.15) is 0 Å². The highest BCUT2D eigenvalue weighted by molar-refractivity contribution is 7.89. The standard InChI is InChI=1S/C22H31N3O3S/c1-17(2)13-20(16-25(3)4)24-22(26)19-11-8-12-21(14-19)29(27,28)23-15-18-9-6-5-7-10-18/h5-12,14,17,20,23H,13,15-16H2,1-4H3,(H,24,26). The Bertz CT molecular complexity index is 887. The molecular formula is C22H31N3O3S. The third-order valence-electron chi connectivity index (χ3n) is 4.39. The van der Waals surface area contributed by atoms with Crippen molar-refractivity contribution in [2.75, 3.05) is 20.6 Å². The van der Waals surface area contributed by atoms with Crippen molar-refractivity contribution in [2.45, 2.75) is 37.8 Å². The lowest BCUT2D eigenvalue weighted by atomic mass is 10.0. The molecule has 2 aromatic carbocycles. The number of nitrogens with zero attached hydrogens (tertiary/aromatic N) is 1. The summed E-state index contributed by atoms with van der Waals surface area (Å²) in [5, 5.41) is 3.04. The number of carbonyl (C=O) groups is 1. The summed E-state index contributed by atoms with van der Waals surface area (Å²) in [5.74, 6) is 0.173. The molecule has 0 saturated carbocycles. The number of hydrogen-bond acceptors (Lipinski definition) is 4. The molecule has 1 unspecified atom stereocenters. The lowest BCUT2D eigenvalue weighted by molar-refractivity contribution is 0.0924. The lowest BCUT2D eigenvalue weighted by Gasteiger charge is -2.24. The first kappa shape index (κ1) is 23.1. The van der Waals surface area contributed by atoms with E-state index in [1.54, 1.807) is 12.1 Å². The summed E-state index contributed by atoms with van der Waals surface area (Å²) in [6.45, 7) is 5.14. The first-order valence-electron chi connectivity index (χ1n) is 9.76. The molecule has 6 nitrogen and oxygen atoms in total. The van der Waals surface area contributed by atoms with Crippen LogP contribution in [-0.4, -0.2) is 45.9 Å². The second-order valence-corrected chi connectivity index (χ2v) is 9.67. The van der Waals surface area contributed by atoms with Crippen LogP contribution in [0.4, 0.5) is 0 Å². The molecule has 0 aliphatic rings. The first-order valence-corrected chi connectivity index (χ1v) is 11.2. The van der Waals surface area contributed by atoms with Gasteiger partial charge in [0.2, 0.25) is 10.0 Å². The maximum Gasteiger partial charge on any atom is 0.251 e. The zero-order chi connectivity index (χ0) is 21.4. The second kappa shape index (κ2) is 10.5. The number of carbonyl (C=O) groups excluding carboxylic acids is 1. The number of sulfonamides is 1. The van der Waals surface area contributed by atoms with Gasteiger partial charge in [-0.1, -0.05) is 50.2 Å². The first-order chi connectivity index (χ1) is 13.7. The SMILES string of the molecule is CC(C)CC(CN(C)C)NC(=O)c1cccc(S(=O)(=O)NCc2ccccc2)c1. The van der Waals surface area contributed by atoms with E-state index in [0.29, 0.717) is 11.5 Å². The molecule has 0 spiro atoms. The van der Waals surface area contributed by atoms with Gasteiger partial charge in [-0.25, -0.2) is 13.1 Å². The minimum Gasteiger partial charge on any atom is -0.348 e. The number of likely N-dealkylation sites (N-methyl/N-ethyl adjacent to an activating group) is 1. The van der Waals surface area contributed by atoms with Crippen LogP contribution >= 0.6 is 0 Å². The van der Waals surface area contributed by atoms with E-state index in [4.69, 9.17) is 0 Å². The van der Waals surface area contributed by atoms with Crippen molar-refractivity contribution in [1.82, 2.24) is 14.9 Å². The fraction of sp³-hybridized carbons (Fsp3) is 0.409. The van der Waals surface area contributed by atoms with Gasteiger partial charge in [-0.15, -0.1) is 0 Å². The minimum absolute atomic E-state index is 0.00558. The van der Waals surface area contributed by atoms with Crippen LogP contribution in [0.3, 0.4) is 0 Å². The Kier molecular flexibility index (Phi) is 8.37. The van der Waals surface area contributed by atoms with Crippen LogP contribution in [0.15, 0.2) is 59.5 Å². The molecule has 0 fully saturated rings. The predicted octanol–water partition coefficient (Wildman–Crippen LogP) is 2.87. The average molecular weight is 418 g/mol. The number of amides is 1. The molecule has 0 heterocycles. The molecule has 1 amide bonds. The highest BCUT2D eigenvalue weighted by atomic mass is 32.2. The van der Waals surface area contributed by atoms with E-state index in [1.807, 2.05) is 49.3 Å². The Balaban J connectivity index is 2.11. The van der Waals surface area contributed by atoms with Crippen LogP contribution in [0.1, 0.15) is 36.2 Å². The molecule has 2 aromatic rings. The van der Waals surface area contributed by atoms with Gasteiger partial charge in [0.05, 0.1) is 4.90 Å². The van der Waals surface area contributed by atoms with E-state index in [1.165, 1.54) is 12.1 Å². The highest BCUT2D eigenvalue weighted by Gasteiger charge is 2.19. The monoisotopic (exact) mass is 417 g/mol. The summed E-state index contributed by atoms with van der Waals surface area (Å²) < 4.78 is 27.9. The Morgan fingerprint density at radius 2 is 1.72 bits per heavy atom. The second-order valence-electron chi connectivity index (χ2n) is 7.90. The van der Waals surface area contributed by atoms with Gasteiger partial charge in [0, 0.05) is 24.7 Å². The molecule has 158 valence electrons. The van der Waals surface area contributed by atoms with E-state index >= 15 is 0 Å². The maximum atomic E-state index is 12.7. The highest BCUT2D eigenvalue weighted by Crippen LogP contribution is 2.14. The smallest absolute Gasteiger partial charge is 0.251 e. The van der Waals surface area contributed by atoms with Crippen LogP contribution in [0, 0.1) is 5.92 Å². The number of nitrogens with one attached hydrogen (secondary N) is 2. The number of rotatable bonds is 10. The number of benzene rings is 2. The molecule has 7 heteroatoms. The summed E-state index contributed by atoms with van der Waals surface area (Å²) in [7, 11) is 0.208. The Morgan fingerprint density at radius 3 is 2.34 bits per heavy atom. The van der Waals surface area contributed by atoms with Gasteiger partial charge >= 0.3 is 0 Å². The molecule has 2 N–H and O–H groups in total. The van der Waals surface area contributed by atoms with Crippen molar-refractivity contribution in [3.05, 3.63) is 65.7 Å². The minimum atomic E-state index is -3.72. The zero-order valence-electron chi connectivity index (χ0n) is 17.6. The third-order valence-corrected chi connectivity index (χ3v) is 5.79. The summed E-state index contributed by atoms with van der Waals surface area (Å²) in [6, 6.07) is 15.4. The maximum absolute atomic E-state index is 12.7. The molecule has 0 aromatic heterocycles. The van der Waals surface area contributed by atoms with Gasteiger partial charge in [0.15, 0.2) is 0 Å². The van der Waals surface area contributed by atoms with Crippen molar-refractivity contribution < 1.29 is 13.2 Å². The van der Waals surface area contributed by atoms with E-state index in [0.717, 1.165) is 18.5 Å². The van der Waals surface area contributed by atoms with Crippen LogP contribution in [0.2, 0.25) is 0 Å². The van der Waals surface area contributed by atoms with Crippen molar-refractivity contribution >= 4 is 15.9 Å². The van der Waals surface area contributed by atoms with Crippen molar-refractivity contribution in [3.63, 3.8) is 0 Å². The van der Waals surface area contributed by atoms with E-state index in [-0.39, 0.29) is 23.4 Å². The van der Waals surface area contributed by atoms with Gasteiger partial charge < -0.3 is 10.2 Å². The molecule has 0 radical (unpaired) electrons. The van der Waals surface area contributed by atoms with Crippen molar-refractivity contribution in [1.29, 1.82) is 0 Å². The van der Waals surface area contributed by atoms with E-state index < -0.39 is 10.0 Å². The van der Waals surface area contributed by atoms with Crippen LogP contribution in [-0.2, 0) is 16.6 Å². The molecular weight excluding hydrogens is 386 g/mol. The quantitative estimate of drug-likeness (QED) is 0.623. The molecule has 29 heavy (non-hydrogen) atoms. The Hall–Kier alpha value is -2.22. The van der Waals surface area contributed by atoms with E-state index in [9.17, 15) is 13.2 Å². The van der Waals surface area contributed by atoms with Gasteiger partial charge in [-0.3, -0.25) is 4.79 Å². The topological polar surface area (TPSA) is 78.5 Å². The summed E-state index contributed by atoms with van der Waals surface area (Å²) in [6.07, 6.45) is 0.848. The van der Waals surface area contributed by atoms with Crippen LogP contribution < -0.4 is 10.0 Å². The van der Waals surface area contributed by atoms with Gasteiger partial charge in [-0.2, -0.15) is 0 Å². The zero-order valence-corrected chi connectivity index (χ0v) is 18.4. The fourth-order valence-corrected chi connectivity index (χ4v) is 4.18. The molecule has 0 bridgehead atoms. The molecule has 2 rings (SSSR count). The van der Waals surface area contributed by atoms with E-state index in [2.05, 4.69) is 23.9 Å². The van der Waals surface area contributed by atoms with Gasteiger partial charge in [0.25, 0.3) is 5.91 Å². The lowest BCUT2D eigenvalue weighted by Crippen LogP contribution is -2.42. The fourth-order valence-electron chi connectivity index (χ4n) is 3.12. The molecule has 0 aliphatic heterocycles. The van der Waals surface area contributed by atoms with Crippen molar-refractivity contribution in [2.24, 2.45) is 5.92 Å². The normalized spacial score (nSPS) is 12.9. The predicted molar refractivity (Wildman–Crippen MR) is 116 cm³/mol. The molecule has 0 aliphatic carbocycles. The van der Waals surface area contributed by atoms with Crippen LogP contribution in [0.25, 0.3) is 0 Å². The summed E-state index contributed by atoms with van der Waals surface area (Å²) in [4.78, 5) is 14.8. The van der Waals surface area contributed by atoms with Gasteiger partial charge in [-0.05, 0) is 50.2 Å². The Morgan fingerprint density at radius 1 is 1.03 bits per heavy atom. The largest absolute Gasteiger partial charge is 0.348 e. The average Bonchev–Trinajstić information content (AvgIpc) is 2.66. The summed E-state index contributed by atoms with van der Waals surface area (Å²) >= 11 is 0.